The number of aryl methyl sites for hydroxylation is 1. The van der Waals surface area contributed by atoms with Crippen LogP contribution in [0.2, 0.25) is 0 Å². The molecule has 6 aromatic rings. The van der Waals surface area contributed by atoms with Crippen molar-refractivity contribution in [3.8, 4) is 22.1 Å². The number of unbranched alkanes of at least 4 members (excludes halogenated alkanes) is 6. The number of halogens is 5. The number of esters is 1. The van der Waals surface area contributed by atoms with Gasteiger partial charge in [0.05, 0.1) is 57.1 Å². The van der Waals surface area contributed by atoms with E-state index in [1.165, 1.54) is 36.4 Å². The number of carboxylic acid groups (broad SMARTS) is 1. The zero-order valence-electron chi connectivity index (χ0n) is 77.1. The summed E-state index contributed by atoms with van der Waals surface area (Å²) < 4.78 is 74.7. The minimum absolute atomic E-state index is 0. The van der Waals surface area contributed by atoms with Crippen LogP contribution in [0.3, 0.4) is 0 Å². The largest absolute Gasteiger partial charge is 1.00 e. The summed E-state index contributed by atoms with van der Waals surface area (Å²) in [7, 11) is 7.13. The topological polar surface area (TPSA) is 286 Å². The average molecular weight is 1880 g/mol. The molecule has 4 amide bonds. The molecule has 1 aliphatic heterocycles. The Kier molecular flexibility index (Phi) is 66.1. The van der Waals surface area contributed by atoms with Crippen molar-refractivity contribution in [1.29, 1.82) is 0 Å². The molecule has 0 bridgehead atoms. The van der Waals surface area contributed by atoms with Gasteiger partial charge in [0.15, 0.2) is 17.4 Å². The van der Waals surface area contributed by atoms with Gasteiger partial charge in [-0.25, -0.2) is 22.9 Å². The summed E-state index contributed by atoms with van der Waals surface area (Å²) in [5.41, 5.74) is 11.7. The van der Waals surface area contributed by atoms with Gasteiger partial charge in [-0.3, -0.25) is 28.8 Å². The van der Waals surface area contributed by atoms with E-state index in [2.05, 4.69) is 58.0 Å². The van der Waals surface area contributed by atoms with Gasteiger partial charge in [-0.2, -0.15) is 0 Å². The van der Waals surface area contributed by atoms with Crippen molar-refractivity contribution in [1.82, 2.24) is 30.7 Å². The Bertz CT molecular complexity index is 4020. The maximum absolute atomic E-state index is 12.8. The van der Waals surface area contributed by atoms with Crippen LogP contribution >= 0.6 is 51.1 Å². The molecule has 0 aliphatic carbocycles. The van der Waals surface area contributed by atoms with E-state index in [-0.39, 0.29) is 148 Å². The van der Waals surface area contributed by atoms with Crippen LogP contribution in [-0.2, 0) is 78.7 Å². The van der Waals surface area contributed by atoms with Gasteiger partial charge in [-0.05, 0) is 237 Å². The molecule has 1 aliphatic rings. The molecule has 1 aromatic heterocycles. The quantitative estimate of drug-likeness (QED) is 0.00605. The second-order valence-electron chi connectivity index (χ2n) is 33.6. The first-order valence-corrected chi connectivity index (χ1v) is 43.9. The van der Waals surface area contributed by atoms with Crippen LogP contribution in [0.15, 0.2) is 137 Å². The van der Waals surface area contributed by atoms with Crippen molar-refractivity contribution in [2.75, 3.05) is 92.8 Å². The standard InChI is InChI=1S/C24H27FN2O3S.C16H21BrFNO3.C15H20FNO4.C14H27NO2.C10H20O2.C8H9NOS.C6H12ClN.CH4.Al.Li.4H/c1-29-22-12-8-19(9-13-22)24-27-21(17-31-24)5-3-2-4-14-26-23(28)16-30-15-18-6-10-20(25)11-7-18;17-10-15(20)4-2-1-3-9-19-16(21)12-22-11-13-5-7-14(18)8-6-13;16-13-7-5-12(6-8-13)10-21-11-14(18)17-9-3-1-2-4-15(19)20;1-13(2,3)11-7-9-15(10-8-11)12(16)17-14(4,5)6;1-9(2,3)7-12-8(11)10(4,5)6;1-10-7-4-2-6(3-5-7)8(9)11;1-5(2)6(7)8(3)4;;;;;;;/h6-13,17H,2-5,14-16H2,1H3,(H,26,28);5-8H,1-4,9-12H2,(H,19,21);5-8H,1-4,9-11H2,(H,17,18)(H,19,20);11H,7-10H2,1-6H3;7H2,1-6H3;2-5H,1H3,(H2,9,11);1-4H3;1H4;;;;;;/q;;;;;;;;;+1;;;;-1. The molecule has 1 saturated heterocycles. The predicted molar refractivity (Wildman–Crippen MR) is 507 cm³/mol. The number of piperidine rings is 1. The zero-order valence-corrected chi connectivity index (χ0v) is 80.1. The van der Waals surface area contributed by atoms with Gasteiger partial charge in [-0.15, -0.1) is 11.3 Å². The summed E-state index contributed by atoms with van der Waals surface area (Å²) in [5.74, 6) is 0.245. The van der Waals surface area contributed by atoms with Crippen LogP contribution < -0.4 is 50.0 Å². The van der Waals surface area contributed by atoms with Gasteiger partial charge in [-0.1, -0.05) is 144 Å². The van der Waals surface area contributed by atoms with Gasteiger partial charge in [0.25, 0.3) is 0 Å². The number of rotatable bonds is 37. The molecular formula is C94H144AlBrClF3LiN7O15S2. The summed E-state index contributed by atoms with van der Waals surface area (Å²) in [5, 5.41) is 21.1. The first-order valence-electron chi connectivity index (χ1n) is 41.1. The molecule has 0 atom stereocenters. The molecule has 1 fully saturated rings. The molecule has 22 nitrogen and oxygen atoms in total. The number of allylic oxidation sites excluding steroid dienone is 1. The smallest absolute Gasteiger partial charge is 1.00 e. The number of hydrogen-bond donors (Lipinski definition) is 5. The number of hydrogen-bond acceptors (Lipinski definition) is 18. The zero-order chi connectivity index (χ0) is 91.9. The SMILES string of the molecule is C.CC(C)(C)COC(=O)C(C)(C)C.CC(C)(C)OC(=O)N1CCC(C(C)(C)C)CC1.CC(C)=C(Cl)N(C)C.COc1ccc(-c2nc(CCCCCNC(=O)COCc3ccc(F)cc3)cs2)cc1.COc1ccc(C(N)=S)cc1.O=C(CBr)CCCCCNC(=O)COCc1ccc(F)cc1.O=C(O)CCCCCNC(=O)COCc1ccc(F)cc1.[AlH3].[H-].[Li+]. The van der Waals surface area contributed by atoms with Crippen molar-refractivity contribution in [3.63, 3.8) is 0 Å². The van der Waals surface area contributed by atoms with Gasteiger partial charge in [0.1, 0.15) is 75.3 Å². The van der Waals surface area contributed by atoms with E-state index in [1.54, 1.807) is 62.0 Å². The van der Waals surface area contributed by atoms with E-state index >= 15 is 0 Å². The normalized spacial score (nSPS) is 11.5. The number of methoxy groups -OCH3 is 2. The summed E-state index contributed by atoms with van der Waals surface area (Å²) in [6.07, 6.45) is 11.4. The molecule has 696 valence electrons. The number of carboxylic acids is 1. The summed E-state index contributed by atoms with van der Waals surface area (Å²) in [4.78, 5) is 88.1. The first-order chi connectivity index (χ1) is 57.3. The number of Topliss-reactive ketones (excluding diaryl/α,β-unsaturated/α-hetero) is 1. The molecule has 7 rings (SSSR count). The van der Waals surface area contributed by atoms with Gasteiger partial charge >= 0.3 is 36.9 Å². The van der Waals surface area contributed by atoms with Crippen molar-refractivity contribution < 1.29 is 105 Å². The first kappa shape index (κ1) is 122. The fourth-order valence-electron chi connectivity index (χ4n) is 10.5. The molecule has 6 N–H and O–H groups in total. The van der Waals surface area contributed by atoms with Gasteiger partial charge < -0.3 is 71.2 Å². The number of nitrogens with two attached hydrogens (primary N) is 1. The Labute approximate surface area is 790 Å². The number of ether oxygens (including phenoxy) is 7. The van der Waals surface area contributed by atoms with Gasteiger partial charge in [0, 0.05) is 76.2 Å². The number of thiazole rings is 1. The third kappa shape index (κ3) is 63.3. The molecule has 0 radical (unpaired) electrons. The number of carbonyl (C=O) groups is 7. The van der Waals surface area contributed by atoms with E-state index in [4.69, 9.17) is 72.8 Å². The Morgan fingerprint density at radius 2 is 1.01 bits per heavy atom. The van der Waals surface area contributed by atoms with Crippen LogP contribution in [0.1, 0.15) is 217 Å². The summed E-state index contributed by atoms with van der Waals surface area (Å²) >= 11 is 15.3. The van der Waals surface area contributed by atoms with E-state index in [1.807, 2.05) is 149 Å². The Morgan fingerprint density at radius 3 is 1.34 bits per heavy atom. The van der Waals surface area contributed by atoms with Crippen LogP contribution in [0.5, 0.6) is 11.5 Å². The third-order valence-electron chi connectivity index (χ3n) is 17.4. The molecule has 2 heterocycles. The Balaban J connectivity index is -0.000000711. The molecular weight excluding hydrogens is 1740 g/mol. The Morgan fingerprint density at radius 1 is 0.616 bits per heavy atom. The van der Waals surface area contributed by atoms with Crippen molar-refractivity contribution in [2.45, 2.75) is 220 Å². The van der Waals surface area contributed by atoms with E-state index < -0.39 is 11.6 Å². The number of thiocarbonyl (C=S) groups is 1. The number of likely N-dealkylation sites (tertiary alicyclic amines) is 1. The molecule has 0 unspecified atom stereocenters. The Hall–Kier alpha value is -7.38. The number of alkyl halides is 1. The van der Waals surface area contributed by atoms with Crippen LogP contribution in [0.4, 0.5) is 18.0 Å². The summed E-state index contributed by atoms with van der Waals surface area (Å²) in [6.45, 7) is 32.9. The van der Waals surface area contributed by atoms with E-state index in [0.29, 0.717) is 67.3 Å². The number of aromatic nitrogens is 1. The molecule has 0 spiro atoms. The number of benzene rings is 5. The number of nitrogens with one attached hydrogen (secondary N) is 3. The second-order valence-corrected chi connectivity index (χ2v) is 35.8. The van der Waals surface area contributed by atoms with E-state index in [9.17, 15) is 46.7 Å². The predicted octanol–water partition coefficient (Wildman–Crippen LogP) is 16.3. The van der Waals surface area contributed by atoms with Crippen LogP contribution in [-0.4, -0.2) is 182 Å². The van der Waals surface area contributed by atoms with Crippen molar-refractivity contribution in [2.24, 2.45) is 27.9 Å². The molecule has 125 heavy (non-hydrogen) atoms. The fourth-order valence-corrected chi connectivity index (χ4v) is 11.8. The molecule has 5 aromatic carbocycles. The maximum atomic E-state index is 12.8. The number of ketones is 1. The minimum atomic E-state index is -0.798. The van der Waals surface area contributed by atoms with Crippen molar-refractivity contribution >= 4 is 115 Å². The third-order valence-corrected chi connectivity index (χ3v) is 19.9. The van der Waals surface area contributed by atoms with Gasteiger partial charge in [0.2, 0.25) is 17.7 Å². The van der Waals surface area contributed by atoms with Crippen LogP contribution in [0, 0.1) is 39.6 Å². The second kappa shape index (κ2) is 67.8. The van der Waals surface area contributed by atoms with E-state index in [0.717, 1.165) is 144 Å². The molecule has 31 heteroatoms. The molecule has 0 saturated carbocycles. The number of amides is 4. The van der Waals surface area contributed by atoms with Crippen LogP contribution in [0.25, 0.3) is 10.6 Å². The number of carbonyl (C=O) groups excluding carboxylic acids is 6. The number of nitrogens with zero attached hydrogens (tertiary/aromatic N) is 3. The fraction of sp³-hybridized carbons (Fsp3) is 0.543. The maximum Gasteiger partial charge on any atom is 1.00 e. The number of aliphatic carboxylic acids is 1. The monoisotopic (exact) mass is 1880 g/mol. The van der Waals surface area contributed by atoms with Crippen molar-refractivity contribution in [3.05, 3.63) is 183 Å². The summed E-state index contributed by atoms with van der Waals surface area (Å²) in [6, 6.07) is 33.2. The average Bonchev–Trinajstić information content (AvgIpc) is 1.21. The minimum Gasteiger partial charge on any atom is -1.00 e.